The first-order valence-electron chi connectivity index (χ1n) is 45.6. The highest BCUT2D eigenvalue weighted by Crippen LogP contribution is 2.28. The Morgan fingerprint density at radius 3 is 0.914 bits per heavy atom. The Hall–Kier alpha value is -11.9. The van der Waals surface area contributed by atoms with Crippen LogP contribution in [0, 0.1) is 44.8 Å². The maximum atomic E-state index is 15.7. The number of rotatable bonds is 28. The smallest absolute Gasteiger partial charge is 0.245 e. The van der Waals surface area contributed by atoms with E-state index in [4.69, 9.17) is 55.7 Å². The second kappa shape index (κ2) is 62.3. The SMILES string of the molecule is CC[C@H](C)[C@@H]1NC(=O)[C@@H]2CSSC[C@H](NC(=O)[C@H](CCCNC(=N)N)NC(=O)[C@@H]3CSSC[C@H](NC1=O)C(=O)N[C@@H]([C@H](C)O)C(=O)N[C@@H](CCCNC(=N)N)C(=O)NCC(=O)N[C@H](Cc1ccccc1)C(=O)N3)C(=O)N[C@@H](CC(C)C)C(=O)N[C@@H]1CSSC[C@@H](NC(=O)[C@H](C(C)C)NC(=O)CNC(=O)[C@H](CCCNC(=N)N)NC(=O)[C@H](CCCNC(=N)N)NC1=O)C(=O)N[C@@H](CCCNC(=N)N)C(=O)N2. The molecule has 1 aromatic carbocycles. The average Bonchev–Trinajstić information content (AvgIpc) is 0.840. The molecule has 58 heteroatoms. The normalized spacial score (nSPS) is 26.0. The van der Waals surface area contributed by atoms with Gasteiger partial charge in [0.1, 0.15) is 96.7 Å². The molecule has 0 aromatic heterocycles. The Morgan fingerprint density at radius 2 is 0.593 bits per heavy atom. The number of nitrogens with one attached hydrogen (secondary N) is 28. The number of amides is 18. The molecule has 4 fully saturated rings. The number of hydrogen-bond donors (Lipinski definition) is 34. The van der Waals surface area contributed by atoms with Crippen molar-refractivity contribution in [2.75, 3.05) is 80.3 Å². The van der Waals surface area contributed by atoms with Crippen LogP contribution in [0.2, 0.25) is 0 Å². The number of benzene rings is 1. The number of aliphatic hydroxyl groups is 1. The predicted molar refractivity (Wildman–Crippen MR) is 533 cm³/mol. The highest BCUT2D eigenvalue weighted by Gasteiger charge is 2.42. The summed E-state index contributed by atoms with van der Waals surface area (Å²) >= 11 is 0. The fourth-order valence-electron chi connectivity index (χ4n) is 14.0. The summed E-state index contributed by atoms with van der Waals surface area (Å²) in [5.74, 6) is -26.4. The van der Waals surface area contributed by atoms with Crippen molar-refractivity contribution in [1.82, 2.24) is 122 Å². The Balaban J connectivity index is 1.86. The number of carbonyl (C=O) groups excluding carboxylic acids is 18. The van der Waals surface area contributed by atoms with Crippen LogP contribution in [-0.2, 0) is 92.7 Å². The minimum Gasteiger partial charge on any atom is -0.391 e. The van der Waals surface area contributed by atoms with Gasteiger partial charge in [0.25, 0.3) is 0 Å². The molecule has 780 valence electrons. The van der Waals surface area contributed by atoms with Gasteiger partial charge >= 0.3 is 0 Å². The van der Waals surface area contributed by atoms with Crippen LogP contribution >= 0.6 is 64.8 Å². The lowest BCUT2D eigenvalue weighted by Crippen LogP contribution is -2.63. The summed E-state index contributed by atoms with van der Waals surface area (Å²) in [4.78, 5) is 271. The number of aliphatic hydroxyl groups excluding tert-OH is 1. The molecule has 0 saturated carbocycles. The van der Waals surface area contributed by atoms with Crippen LogP contribution in [0.4, 0.5) is 0 Å². The van der Waals surface area contributed by atoms with Crippen LogP contribution in [-0.4, -0.2) is 324 Å². The topological polar surface area (TPSA) is 854 Å². The average molecular weight is 2080 g/mol. The summed E-state index contributed by atoms with van der Waals surface area (Å²) in [6.45, 7) is 8.86. The van der Waals surface area contributed by atoms with E-state index in [1.54, 1.807) is 71.9 Å². The molecule has 52 nitrogen and oxygen atoms in total. The molecule has 5 rings (SSSR count). The van der Waals surface area contributed by atoms with Gasteiger partial charge in [-0.15, -0.1) is 0 Å². The van der Waals surface area contributed by atoms with Crippen molar-refractivity contribution in [1.29, 1.82) is 27.0 Å². The highest BCUT2D eigenvalue weighted by molar-refractivity contribution is 8.77. The number of carbonyl (C=O) groups is 18. The summed E-state index contributed by atoms with van der Waals surface area (Å²) in [5.41, 5.74) is 28.5. The molecular weight excluding hydrogens is 1940 g/mol. The van der Waals surface area contributed by atoms with Crippen molar-refractivity contribution < 1.29 is 91.4 Å². The van der Waals surface area contributed by atoms with E-state index in [1.807, 2.05) is 0 Å². The monoisotopic (exact) mass is 2080 g/mol. The van der Waals surface area contributed by atoms with Gasteiger partial charge in [0.15, 0.2) is 29.8 Å². The molecule has 0 unspecified atom stereocenters. The third kappa shape index (κ3) is 43.9. The Bertz CT molecular complexity index is 4480. The van der Waals surface area contributed by atoms with Crippen molar-refractivity contribution in [2.24, 2.45) is 46.4 Å². The number of fused-ring (bicyclic) bond motifs is 15. The highest BCUT2D eigenvalue weighted by atomic mass is 33.1. The largest absolute Gasteiger partial charge is 0.391 e. The van der Waals surface area contributed by atoms with E-state index >= 15 is 52.7 Å². The first kappa shape index (κ1) is 119. The van der Waals surface area contributed by atoms with Crippen molar-refractivity contribution in [2.45, 2.75) is 235 Å². The maximum Gasteiger partial charge on any atom is 0.245 e. The van der Waals surface area contributed by atoms with Gasteiger partial charge in [-0.2, -0.15) is 0 Å². The molecule has 4 aliphatic heterocycles. The molecule has 140 heavy (non-hydrogen) atoms. The van der Waals surface area contributed by atoms with Crippen LogP contribution in [0.3, 0.4) is 0 Å². The lowest BCUT2D eigenvalue weighted by molar-refractivity contribution is -0.137. The zero-order valence-electron chi connectivity index (χ0n) is 79.0. The van der Waals surface area contributed by atoms with Gasteiger partial charge in [-0.05, 0) is 101 Å². The van der Waals surface area contributed by atoms with Crippen LogP contribution < -0.4 is 151 Å². The first-order valence-corrected chi connectivity index (χ1v) is 53.1. The zero-order chi connectivity index (χ0) is 104. The second-order valence-corrected chi connectivity index (χ2v) is 41.8. The third-order valence-electron chi connectivity index (χ3n) is 21.8. The van der Waals surface area contributed by atoms with E-state index in [0.717, 1.165) is 71.7 Å². The van der Waals surface area contributed by atoms with E-state index < -0.39 is 304 Å². The number of hydrogen-bond acceptors (Lipinski definition) is 30. The molecule has 0 radical (unpaired) electrons. The minimum atomic E-state index is -1.93. The van der Waals surface area contributed by atoms with Crippen molar-refractivity contribution in [3.8, 4) is 0 Å². The number of guanidine groups is 5. The van der Waals surface area contributed by atoms with E-state index in [-0.39, 0.29) is 116 Å². The fraction of sp³-hybridized carbons (Fsp3) is 0.646. The summed E-state index contributed by atoms with van der Waals surface area (Å²) in [5, 5.41) is 111. The van der Waals surface area contributed by atoms with Gasteiger partial charge in [-0.3, -0.25) is 113 Å². The lowest BCUT2D eigenvalue weighted by Gasteiger charge is -2.30. The fourth-order valence-corrected chi connectivity index (χ4v) is 21.0. The summed E-state index contributed by atoms with van der Waals surface area (Å²) in [6.07, 6.45) is -3.56. The molecule has 4 saturated heterocycles. The molecule has 0 aliphatic carbocycles. The molecular formula is C82H137N33O19S6. The Kier molecular flexibility index (Phi) is 52.8. The van der Waals surface area contributed by atoms with Crippen molar-refractivity contribution >= 4 is 201 Å². The molecule has 39 N–H and O–H groups in total. The lowest BCUT2D eigenvalue weighted by atomic mass is 9.97. The predicted octanol–water partition coefficient (Wildman–Crippen LogP) is -9.14. The van der Waals surface area contributed by atoms with E-state index in [0.29, 0.717) is 5.56 Å². The second-order valence-electron chi connectivity index (χ2n) is 34.1. The zero-order valence-corrected chi connectivity index (χ0v) is 83.8. The molecule has 4 heterocycles. The minimum absolute atomic E-state index is 0.00668. The molecule has 6 bridgehead atoms. The molecule has 18 amide bonds. The van der Waals surface area contributed by atoms with Crippen molar-refractivity contribution in [3.63, 3.8) is 0 Å². The molecule has 1 aromatic rings. The Morgan fingerprint density at radius 1 is 0.329 bits per heavy atom. The first-order chi connectivity index (χ1) is 66.3. The third-order valence-corrected chi connectivity index (χ3v) is 29.1. The Labute approximate surface area is 834 Å². The van der Waals surface area contributed by atoms with Crippen LogP contribution in [0.25, 0.3) is 0 Å². The van der Waals surface area contributed by atoms with Gasteiger partial charge in [-0.1, -0.05) is 143 Å². The van der Waals surface area contributed by atoms with Gasteiger partial charge in [0, 0.05) is 73.7 Å². The standard InChI is InChI=1S/C82H137N33O19S6/c1-8-41(6)60-76(133)112-56-38-140-136-34-52(110-68(125)50(30-43-17-10-9-11-18-43)100-57(117)31-98-63(120)45(20-13-25-94-79(85)86)105-77(134)61(42(7)116)115-74(56)131)70(127)103-47(22-15-27-96-81(89)90)65(122)107-53-35-137-139-37-55(73(130)114-60)108-66(123)48(23-16-28-97-82(91)92)104-71(128)54-36-138-135-33-51(109-67(124)49(29-39(2)3)106-72(53)129)69(126)102-46(21-14-26-95-80(87)88)64(121)101-44(19-12-24-93-78(83)84)62(119)99-32-58(118)113-59(40(4)5)75(132)111-54/h9-11,17-18,39-42,44-56,59-61,116H,8,12-16,19-38H2,1-7H3,(H,98,120)(H,99,119)(H,100,117)(H,101,121)(H,102,126)(H,103,127)(H,104,128)(H,105,134)(H,106,129)(H,107,122)(H,108,123)(H,109,124)(H,110,125)(H,111,132)(H,112,133)(H,113,118)(H,114,130)(H,115,131)(H4,83,84,93)(H4,85,86,94)(H4,87,88,95)(H4,89,90,96)(H4,91,92,97)/t41-,42-,44-,45-,46-,47-,48-,49-,50+,51+,52-,53-,54+,55-,56-,59-,60-,61-/m0/s1. The number of nitrogens with two attached hydrogens (primary N) is 5. The van der Waals surface area contributed by atoms with E-state index in [1.165, 1.54) is 0 Å². The van der Waals surface area contributed by atoms with E-state index in [2.05, 4.69) is 122 Å². The summed E-state index contributed by atoms with van der Waals surface area (Å²) in [6, 6.07) is -18.8. The van der Waals surface area contributed by atoms with Crippen LogP contribution in [0.5, 0.6) is 0 Å². The quantitative estimate of drug-likeness (QED) is 0.0160. The molecule has 18 atom stereocenters. The maximum absolute atomic E-state index is 15.7. The molecule has 4 aliphatic rings. The van der Waals surface area contributed by atoms with Gasteiger partial charge < -0.3 is 156 Å². The van der Waals surface area contributed by atoms with Crippen LogP contribution in [0.1, 0.15) is 131 Å². The molecule has 0 spiro atoms. The van der Waals surface area contributed by atoms with E-state index in [9.17, 15) is 38.7 Å². The summed E-state index contributed by atoms with van der Waals surface area (Å²) < 4.78 is 0. The van der Waals surface area contributed by atoms with Crippen LogP contribution in [0.15, 0.2) is 30.3 Å². The van der Waals surface area contributed by atoms with Gasteiger partial charge in [0.05, 0.1) is 19.2 Å². The van der Waals surface area contributed by atoms with Gasteiger partial charge in [-0.25, -0.2) is 0 Å². The summed E-state index contributed by atoms with van der Waals surface area (Å²) in [7, 11) is 4.83. The van der Waals surface area contributed by atoms with Gasteiger partial charge in [0.2, 0.25) is 106 Å². The van der Waals surface area contributed by atoms with Crippen molar-refractivity contribution in [3.05, 3.63) is 35.9 Å².